The van der Waals surface area contributed by atoms with Crippen LogP contribution in [0.5, 0.6) is 0 Å². The largest absolute Gasteiger partial charge is 0.302 e. The minimum absolute atomic E-state index is 0.0683. The van der Waals surface area contributed by atoms with Crippen molar-refractivity contribution in [3.63, 3.8) is 0 Å². The van der Waals surface area contributed by atoms with E-state index in [0.29, 0.717) is 6.29 Å². The Morgan fingerprint density at radius 3 is 2.20 bits per heavy atom. The quantitative estimate of drug-likeness (QED) is 0.416. The molecule has 0 saturated heterocycles. The van der Waals surface area contributed by atoms with Crippen LogP contribution in [0, 0.1) is 0 Å². The van der Waals surface area contributed by atoms with Gasteiger partial charge in [-0.1, -0.05) is 13.8 Å². The van der Waals surface area contributed by atoms with E-state index in [9.17, 15) is 13.2 Å². The van der Waals surface area contributed by atoms with E-state index >= 15 is 0 Å². The number of aldehydes is 1. The standard InChI is InChI=1S/C8H19N3O3S/c1-4-11(5-2)10-8(7-12)6-9-15(3,13)14/h7-10H,4-6H2,1-3H3. The van der Waals surface area contributed by atoms with Gasteiger partial charge in [0.05, 0.1) is 12.3 Å². The maximum atomic E-state index is 10.8. The zero-order valence-electron chi connectivity index (χ0n) is 9.36. The predicted molar refractivity (Wildman–Crippen MR) is 58.8 cm³/mol. The molecule has 7 heteroatoms. The van der Waals surface area contributed by atoms with Crippen LogP contribution in [0.15, 0.2) is 0 Å². The molecule has 1 atom stereocenters. The van der Waals surface area contributed by atoms with Gasteiger partial charge in [0.25, 0.3) is 0 Å². The topological polar surface area (TPSA) is 78.5 Å². The summed E-state index contributed by atoms with van der Waals surface area (Å²) in [6.45, 7) is 5.46. The van der Waals surface area contributed by atoms with Gasteiger partial charge in [-0.15, -0.1) is 0 Å². The molecule has 0 aliphatic carbocycles. The van der Waals surface area contributed by atoms with Crippen LogP contribution in [0.2, 0.25) is 0 Å². The van der Waals surface area contributed by atoms with E-state index in [1.165, 1.54) is 0 Å². The van der Waals surface area contributed by atoms with Crippen LogP contribution in [0.25, 0.3) is 0 Å². The number of carbonyl (C=O) groups excluding carboxylic acids is 1. The number of hydrogen-bond acceptors (Lipinski definition) is 5. The van der Waals surface area contributed by atoms with E-state index in [-0.39, 0.29) is 6.54 Å². The first kappa shape index (κ1) is 14.5. The Morgan fingerprint density at radius 2 is 1.87 bits per heavy atom. The van der Waals surface area contributed by atoms with Gasteiger partial charge in [-0.3, -0.25) is 0 Å². The second kappa shape index (κ2) is 6.89. The monoisotopic (exact) mass is 237 g/mol. The van der Waals surface area contributed by atoms with Gasteiger partial charge < -0.3 is 4.79 Å². The molecule has 0 amide bonds. The molecule has 0 rings (SSSR count). The molecule has 0 bridgehead atoms. The van der Waals surface area contributed by atoms with Crippen LogP contribution in [-0.4, -0.2) is 51.6 Å². The Bertz CT molecular complexity index is 275. The Kier molecular flexibility index (Phi) is 6.66. The third kappa shape index (κ3) is 7.43. The van der Waals surface area contributed by atoms with E-state index in [2.05, 4.69) is 10.1 Å². The zero-order valence-corrected chi connectivity index (χ0v) is 10.2. The van der Waals surface area contributed by atoms with Crippen LogP contribution >= 0.6 is 0 Å². The highest BCUT2D eigenvalue weighted by Crippen LogP contribution is 1.85. The molecule has 90 valence electrons. The zero-order chi connectivity index (χ0) is 11.9. The van der Waals surface area contributed by atoms with Gasteiger partial charge in [-0.25, -0.2) is 23.6 Å². The third-order valence-corrected chi connectivity index (χ3v) is 2.53. The molecular weight excluding hydrogens is 218 g/mol. The van der Waals surface area contributed by atoms with Crippen LogP contribution in [0.3, 0.4) is 0 Å². The number of sulfonamides is 1. The maximum absolute atomic E-state index is 10.8. The highest BCUT2D eigenvalue weighted by molar-refractivity contribution is 7.88. The highest BCUT2D eigenvalue weighted by atomic mass is 32.2. The molecular formula is C8H19N3O3S. The van der Waals surface area contributed by atoms with Crippen molar-refractivity contribution in [2.45, 2.75) is 19.9 Å². The van der Waals surface area contributed by atoms with Crippen LogP contribution in [0.1, 0.15) is 13.8 Å². The SMILES string of the molecule is CCN(CC)NC(C=O)CNS(C)(=O)=O. The summed E-state index contributed by atoms with van der Waals surface area (Å²) in [5.74, 6) is 0. The minimum Gasteiger partial charge on any atom is -0.302 e. The average Bonchev–Trinajstić information content (AvgIpc) is 2.17. The minimum atomic E-state index is -3.25. The lowest BCUT2D eigenvalue weighted by atomic mass is 10.3. The number of hydrazine groups is 1. The van der Waals surface area contributed by atoms with Gasteiger partial charge in [0, 0.05) is 19.6 Å². The smallest absolute Gasteiger partial charge is 0.208 e. The van der Waals surface area contributed by atoms with E-state index in [0.717, 1.165) is 19.3 Å². The normalized spacial score (nSPS) is 14.1. The summed E-state index contributed by atoms with van der Waals surface area (Å²) in [5, 5.41) is 1.84. The molecule has 1 unspecified atom stereocenters. The molecule has 0 aromatic heterocycles. The molecule has 15 heavy (non-hydrogen) atoms. The van der Waals surface area contributed by atoms with Crippen LogP contribution in [0.4, 0.5) is 0 Å². The fourth-order valence-electron chi connectivity index (χ4n) is 1.01. The van der Waals surface area contributed by atoms with Crippen molar-refractivity contribution in [2.24, 2.45) is 0 Å². The molecule has 0 aliphatic heterocycles. The number of hydrogen-bond donors (Lipinski definition) is 2. The van der Waals surface area contributed by atoms with Crippen molar-refractivity contribution >= 4 is 16.3 Å². The van der Waals surface area contributed by atoms with E-state index in [4.69, 9.17) is 0 Å². The van der Waals surface area contributed by atoms with Crippen molar-refractivity contribution in [3.8, 4) is 0 Å². The molecule has 0 aromatic rings. The number of rotatable bonds is 8. The molecule has 2 N–H and O–H groups in total. The van der Waals surface area contributed by atoms with Gasteiger partial charge in [0.2, 0.25) is 10.0 Å². The summed E-state index contributed by atoms with van der Waals surface area (Å²) < 4.78 is 23.9. The highest BCUT2D eigenvalue weighted by Gasteiger charge is 2.12. The predicted octanol–water partition coefficient (Wildman–Crippen LogP) is -1.05. The van der Waals surface area contributed by atoms with Gasteiger partial charge in [-0.2, -0.15) is 0 Å². The van der Waals surface area contributed by atoms with Gasteiger partial charge in [-0.05, 0) is 0 Å². The number of carbonyl (C=O) groups is 1. The van der Waals surface area contributed by atoms with Crippen molar-refractivity contribution in [1.82, 2.24) is 15.2 Å². The summed E-state index contributed by atoms with van der Waals surface area (Å²) in [4.78, 5) is 10.7. The number of nitrogens with one attached hydrogen (secondary N) is 2. The molecule has 0 spiro atoms. The molecule has 0 aliphatic rings. The Labute approximate surface area is 91.0 Å². The fourth-order valence-corrected chi connectivity index (χ4v) is 1.49. The van der Waals surface area contributed by atoms with E-state index < -0.39 is 16.1 Å². The average molecular weight is 237 g/mol. The Hall–Kier alpha value is -0.500. The molecule has 0 radical (unpaired) electrons. The molecule has 0 aromatic carbocycles. The number of nitrogens with zero attached hydrogens (tertiary/aromatic N) is 1. The third-order valence-electron chi connectivity index (χ3n) is 1.84. The lowest BCUT2D eigenvalue weighted by Gasteiger charge is -2.23. The maximum Gasteiger partial charge on any atom is 0.208 e. The van der Waals surface area contributed by atoms with Crippen LogP contribution < -0.4 is 10.1 Å². The first-order valence-electron chi connectivity index (χ1n) is 4.84. The Morgan fingerprint density at radius 1 is 1.33 bits per heavy atom. The lowest BCUT2D eigenvalue weighted by molar-refractivity contribution is -0.110. The van der Waals surface area contributed by atoms with E-state index in [1.54, 1.807) is 0 Å². The lowest BCUT2D eigenvalue weighted by Crippen LogP contribution is -2.50. The summed E-state index contributed by atoms with van der Waals surface area (Å²) in [6.07, 6.45) is 1.75. The first-order chi connectivity index (χ1) is 6.92. The molecule has 0 fully saturated rings. The van der Waals surface area contributed by atoms with Gasteiger partial charge in [0.1, 0.15) is 6.29 Å². The Balaban J connectivity index is 4.08. The summed E-state index contributed by atoms with van der Waals surface area (Å²) in [6, 6.07) is -0.528. The molecule has 0 saturated carbocycles. The summed E-state index contributed by atoms with van der Waals surface area (Å²) >= 11 is 0. The van der Waals surface area contributed by atoms with Gasteiger partial charge >= 0.3 is 0 Å². The molecule has 0 heterocycles. The van der Waals surface area contributed by atoms with Gasteiger partial charge in [0.15, 0.2) is 0 Å². The molecule has 6 nitrogen and oxygen atoms in total. The summed E-state index contributed by atoms with van der Waals surface area (Å²) in [5.41, 5.74) is 2.91. The van der Waals surface area contributed by atoms with Crippen molar-refractivity contribution < 1.29 is 13.2 Å². The van der Waals surface area contributed by atoms with Crippen molar-refractivity contribution in [3.05, 3.63) is 0 Å². The van der Waals surface area contributed by atoms with Crippen LogP contribution in [-0.2, 0) is 14.8 Å². The second-order valence-electron chi connectivity index (χ2n) is 3.16. The van der Waals surface area contributed by atoms with Crippen molar-refractivity contribution in [1.29, 1.82) is 0 Å². The van der Waals surface area contributed by atoms with Crippen molar-refractivity contribution in [2.75, 3.05) is 25.9 Å². The first-order valence-corrected chi connectivity index (χ1v) is 6.73. The fraction of sp³-hybridized carbons (Fsp3) is 0.875. The second-order valence-corrected chi connectivity index (χ2v) is 5.00. The van der Waals surface area contributed by atoms with E-state index in [1.807, 2.05) is 18.9 Å². The summed E-state index contributed by atoms with van der Waals surface area (Å²) in [7, 11) is -3.25.